The van der Waals surface area contributed by atoms with E-state index in [4.69, 9.17) is 0 Å². The summed E-state index contributed by atoms with van der Waals surface area (Å²) in [6.45, 7) is 6.05. The Bertz CT molecular complexity index is 1010. The highest BCUT2D eigenvalue weighted by Gasteiger charge is 2.20. The van der Waals surface area contributed by atoms with Gasteiger partial charge in [-0.1, -0.05) is 48.5 Å². The number of carbonyl (C=O) groups is 1. The van der Waals surface area contributed by atoms with E-state index < -0.39 is 0 Å². The molecule has 5 nitrogen and oxygen atoms in total. The first-order valence-electron chi connectivity index (χ1n) is 9.60. The molecule has 5 heteroatoms. The van der Waals surface area contributed by atoms with Crippen molar-refractivity contribution in [3.05, 3.63) is 88.2 Å². The fourth-order valence-corrected chi connectivity index (χ4v) is 3.55. The Labute approximate surface area is 165 Å². The molecule has 2 heterocycles. The number of fused-ring (bicyclic) bond motifs is 1. The summed E-state index contributed by atoms with van der Waals surface area (Å²) in [5.74, 6) is 0.447. The quantitative estimate of drug-likeness (QED) is 0.760. The average molecular weight is 372 g/mol. The molecule has 1 aliphatic heterocycles. The largest absolute Gasteiger partial charge is 0.347 e. The summed E-state index contributed by atoms with van der Waals surface area (Å²) in [6.07, 6.45) is 0.961. The molecule has 2 aromatic carbocycles. The number of benzene rings is 2. The molecule has 0 saturated heterocycles. The summed E-state index contributed by atoms with van der Waals surface area (Å²) in [6, 6.07) is 18.3. The van der Waals surface area contributed by atoms with Crippen molar-refractivity contribution < 1.29 is 4.79 Å². The molecule has 1 N–H and O–H groups in total. The van der Waals surface area contributed by atoms with Crippen LogP contribution < -0.4 is 10.2 Å². The van der Waals surface area contributed by atoms with E-state index in [1.807, 2.05) is 38.1 Å². The van der Waals surface area contributed by atoms with Crippen molar-refractivity contribution in [2.75, 3.05) is 11.4 Å². The maximum absolute atomic E-state index is 12.7. The highest BCUT2D eigenvalue weighted by Crippen LogP contribution is 2.22. The third-order valence-corrected chi connectivity index (χ3v) is 5.19. The van der Waals surface area contributed by atoms with Gasteiger partial charge in [0.1, 0.15) is 5.69 Å². The number of aryl methyl sites for hydroxylation is 2. The summed E-state index contributed by atoms with van der Waals surface area (Å²) in [5.41, 5.74) is 6.15. The van der Waals surface area contributed by atoms with Gasteiger partial charge in [-0.3, -0.25) is 4.79 Å². The second kappa shape index (κ2) is 7.80. The third kappa shape index (κ3) is 3.88. The molecule has 0 saturated carbocycles. The minimum Gasteiger partial charge on any atom is -0.347 e. The summed E-state index contributed by atoms with van der Waals surface area (Å²) in [7, 11) is 0. The van der Waals surface area contributed by atoms with E-state index in [0.717, 1.165) is 36.3 Å². The van der Waals surface area contributed by atoms with Gasteiger partial charge in [-0.15, -0.1) is 0 Å². The van der Waals surface area contributed by atoms with Crippen LogP contribution in [-0.4, -0.2) is 22.4 Å². The van der Waals surface area contributed by atoms with Crippen molar-refractivity contribution in [1.29, 1.82) is 0 Å². The molecule has 0 fully saturated rings. The Morgan fingerprint density at radius 2 is 1.79 bits per heavy atom. The maximum atomic E-state index is 12.7. The van der Waals surface area contributed by atoms with Crippen LogP contribution in [0.25, 0.3) is 0 Å². The number of amides is 1. The van der Waals surface area contributed by atoms with Crippen LogP contribution in [0.15, 0.2) is 54.6 Å². The maximum Gasteiger partial charge on any atom is 0.270 e. The van der Waals surface area contributed by atoms with Crippen LogP contribution in [0.3, 0.4) is 0 Å². The first kappa shape index (κ1) is 18.2. The molecule has 0 bridgehead atoms. The number of anilines is 1. The van der Waals surface area contributed by atoms with E-state index in [9.17, 15) is 4.79 Å². The van der Waals surface area contributed by atoms with Gasteiger partial charge in [0.25, 0.3) is 5.91 Å². The normalized spacial score (nSPS) is 13.1. The SMILES string of the molecule is Cc1cc(C(=O)NCc2ccccc2C)nc(N2CCc3ccccc3C2)n1. The van der Waals surface area contributed by atoms with E-state index >= 15 is 0 Å². The average Bonchev–Trinajstić information content (AvgIpc) is 2.72. The molecule has 1 aliphatic rings. The lowest BCUT2D eigenvalue weighted by molar-refractivity contribution is 0.0945. The van der Waals surface area contributed by atoms with Crippen LogP contribution in [0.2, 0.25) is 0 Å². The van der Waals surface area contributed by atoms with Gasteiger partial charge in [0.05, 0.1) is 0 Å². The summed E-state index contributed by atoms with van der Waals surface area (Å²) in [4.78, 5) is 24.0. The molecule has 0 aliphatic carbocycles. The molecule has 1 aromatic heterocycles. The number of rotatable bonds is 4. The Morgan fingerprint density at radius 3 is 2.61 bits per heavy atom. The van der Waals surface area contributed by atoms with Crippen LogP contribution in [-0.2, 0) is 19.5 Å². The summed E-state index contributed by atoms with van der Waals surface area (Å²) in [5, 5.41) is 2.98. The van der Waals surface area contributed by atoms with Gasteiger partial charge < -0.3 is 10.2 Å². The Hall–Kier alpha value is -3.21. The van der Waals surface area contributed by atoms with E-state index in [2.05, 4.69) is 44.5 Å². The lowest BCUT2D eigenvalue weighted by atomic mass is 10.0. The number of hydrogen-bond acceptors (Lipinski definition) is 4. The zero-order valence-corrected chi connectivity index (χ0v) is 16.3. The van der Waals surface area contributed by atoms with Gasteiger partial charge in [0.15, 0.2) is 0 Å². The van der Waals surface area contributed by atoms with Crippen LogP contribution in [0.1, 0.15) is 38.4 Å². The van der Waals surface area contributed by atoms with Crippen LogP contribution in [0, 0.1) is 13.8 Å². The van der Waals surface area contributed by atoms with Crippen molar-refractivity contribution in [1.82, 2.24) is 15.3 Å². The van der Waals surface area contributed by atoms with Crippen molar-refractivity contribution in [3.63, 3.8) is 0 Å². The predicted molar refractivity (Wildman–Crippen MR) is 110 cm³/mol. The standard InChI is InChI=1S/C23H24N4O/c1-16-7-3-4-9-19(16)14-24-22(28)21-13-17(2)25-23(26-21)27-12-11-18-8-5-6-10-20(18)15-27/h3-10,13H,11-12,14-15H2,1-2H3,(H,24,28). The zero-order chi connectivity index (χ0) is 19.5. The van der Waals surface area contributed by atoms with Crippen LogP contribution in [0.4, 0.5) is 5.95 Å². The highest BCUT2D eigenvalue weighted by atomic mass is 16.1. The fraction of sp³-hybridized carbons (Fsp3) is 0.261. The Morgan fingerprint density at radius 1 is 1.04 bits per heavy atom. The molecule has 1 amide bonds. The molecular formula is C23H24N4O. The molecule has 0 radical (unpaired) electrons. The molecule has 142 valence electrons. The first-order chi connectivity index (χ1) is 13.6. The fourth-order valence-electron chi connectivity index (χ4n) is 3.55. The van der Waals surface area contributed by atoms with Gasteiger partial charge in [0, 0.05) is 25.3 Å². The topological polar surface area (TPSA) is 58.1 Å². The van der Waals surface area contributed by atoms with Crippen molar-refractivity contribution >= 4 is 11.9 Å². The first-order valence-corrected chi connectivity index (χ1v) is 9.60. The van der Waals surface area contributed by atoms with E-state index in [1.165, 1.54) is 11.1 Å². The number of aromatic nitrogens is 2. The number of nitrogens with zero attached hydrogens (tertiary/aromatic N) is 3. The molecule has 28 heavy (non-hydrogen) atoms. The number of hydrogen-bond donors (Lipinski definition) is 1. The molecule has 0 atom stereocenters. The lowest BCUT2D eigenvalue weighted by Crippen LogP contribution is -2.33. The molecule has 0 spiro atoms. The van der Waals surface area contributed by atoms with Gasteiger partial charge in [-0.05, 0) is 48.6 Å². The monoisotopic (exact) mass is 372 g/mol. The van der Waals surface area contributed by atoms with Crippen LogP contribution >= 0.6 is 0 Å². The van der Waals surface area contributed by atoms with Gasteiger partial charge in [0.2, 0.25) is 5.95 Å². The minimum absolute atomic E-state index is 0.174. The summed E-state index contributed by atoms with van der Waals surface area (Å²) < 4.78 is 0. The molecule has 3 aromatic rings. The number of carbonyl (C=O) groups excluding carboxylic acids is 1. The van der Waals surface area contributed by atoms with Crippen molar-refractivity contribution in [2.24, 2.45) is 0 Å². The van der Waals surface area contributed by atoms with Crippen LogP contribution in [0.5, 0.6) is 0 Å². The second-order valence-electron chi connectivity index (χ2n) is 7.24. The minimum atomic E-state index is -0.174. The van der Waals surface area contributed by atoms with E-state index in [-0.39, 0.29) is 5.91 Å². The molecule has 0 unspecified atom stereocenters. The van der Waals surface area contributed by atoms with Gasteiger partial charge in [-0.2, -0.15) is 0 Å². The highest BCUT2D eigenvalue weighted by molar-refractivity contribution is 5.92. The predicted octanol–water partition coefficient (Wildman–Crippen LogP) is 3.59. The Balaban J connectivity index is 1.51. The summed E-state index contributed by atoms with van der Waals surface area (Å²) >= 11 is 0. The van der Waals surface area contributed by atoms with Gasteiger partial charge >= 0.3 is 0 Å². The van der Waals surface area contributed by atoms with E-state index in [0.29, 0.717) is 18.2 Å². The Kier molecular flexibility index (Phi) is 5.06. The molecule has 4 rings (SSSR count). The van der Waals surface area contributed by atoms with Crippen molar-refractivity contribution in [2.45, 2.75) is 33.4 Å². The second-order valence-corrected chi connectivity index (χ2v) is 7.24. The lowest BCUT2D eigenvalue weighted by Gasteiger charge is -2.29. The zero-order valence-electron chi connectivity index (χ0n) is 16.3. The van der Waals surface area contributed by atoms with Gasteiger partial charge in [-0.25, -0.2) is 9.97 Å². The van der Waals surface area contributed by atoms with E-state index in [1.54, 1.807) is 6.07 Å². The molecular weight excluding hydrogens is 348 g/mol. The number of nitrogens with one attached hydrogen (secondary N) is 1. The van der Waals surface area contributed by atoms with Crippen molar-refractivity contribution in [3.8, 4) is 0 Å². The third-order valence-electron chi connectivity index (χ3n) is 5.19. The smallest absolute Gasteiger partial charge is 0.270 e.